The Labute approximate surface area is 113 Å². The van der Waals surface area contributed by atoms with Crippen LogP contribution in [0.4, 0.5) is 0 Å². The highest BCUT2D eigenvalue weighted by molar-refractivity contribution is 5.92. The van der Waals surface area contributed by atoms with Gasteiger partial charge in [-0.1, -0.05) is 42.5 Å². The Kier molecular flexibility index (Phi) is 4.70. The Bertz CT molecular complexity index is 537. The normalized spacial score (nSPS) is 10.3. The number of carbonyl (C=O) groups is 1. The number of rotatable bonds is 6. The van der Waals surface area contributed by atoms with Gasteiger partial charge in [0.1, 0.15) is 0 Å². The average molecular weight is 255 g/mol. The van der Waals surface area contributed by atoms with Gasteiger partial charge in [0.2, 0.25) is 5.91 Å². The number of hydrogen-bond donors (Lipinski definition) is 1. The van der Waals surface area contributed by atoms with Crippen LogP contribution in [0, 0.1) is 0 Å². The van der Waals surface area contributed by atoms with Gasteiger partial charge in [-0.2, -0.15) is 0 Å². The first-order valence-corrected chi connectivity index (χ1v) is 6.26. The van der Waals surface area contributed by atoms with E-state index in [0.29, 0.717) is 18.8 Å². The van der Waals surface area contributed by atoms with Gasteiger partial charge in [0, 0.05) is 5.56 Å². The molecule has 3 nitrogen and oxygen atoms in total. The molecule has 2 rings (SSSR count). The first-order valence-electron chi connectivity index (χ1n) is 6.26. The highest BCUT2D eigenvalue weighted by atomic mass is 16.5. The lowest BCUT2D eigenvalue weighted by molar-refractivity contribution is 0.0999. The zero-order valence-corrected chi connectivity index (χ0v) is 10.7. The molecule has 1 amide bonds. The molecular weight excluding hydrogens is 238 g/mol. The summed E-state index contributed by atoms with van der Waals surface area (Å²) in [6.07, 6.45) is 0.885. The molecule has 3 heteroatoms. The van der Waals surface area contributed by atoms with Gasteiger partial charge in [0.15, 0.2) is 0 Å². The molecule has 0 saturated heterocycles. The van der Waals surface area contributed by atoms with Crippen molar-refractivity contribution in [3.05, 3.63) is 71.3 Å². The first kappa shape index (κ1) is 13.3. The molecular formula is C16H17NO2. The van der Waals surface area contributed by atoms with Crippen molar-refractivity contribution in [2.24, 2.45) is 5.73 Å². The minimum atomic E-state index is -0.411. The Balaban J connectivity index is 1.80. The maximum atomic E-state index is 11.0. The van der Waals surface area contributed by atoms with Crippen molar-refractivity contribution < 1.29 is 9.53 Å². The van der Waals surface area contributed by atoms with Crippen LogP contribution in [-0.2, 0) is 17.8 Å². The van der Waals surface area contributed by atoms with Crippen LogP contribution in [0.5, 0.6) is 0 Å². The molecule has 0 spiro atoms. The summed E-state index contributed by atoms with van der Waals surface area (Å²) in [7, 11) is 0. The van der Waals surface area contributed by atoms with Crippen LogP contribution >= 0.6 is 0 Å². The predicted octanol–water partition coefficient (Wildman–Crippen LogP) is 2.54. The summed E-state index contributed by atoms with van der Waals surface area (Å²) in [6, 6.07) is 17.4. The molecule has 0 radical (unpaired) electrons. The Morgan fingerprint density at radius 2 is 1.74 bits per heavy atom. The molecule has 0 aliphatic carbocycles. The van der Waals surface area contributed by atoms with Gasteiger partial charge >= 0.3 is 0 Å². The van der Waals surface area contributed by atoms with Crippen molar-refractivity contribution in [3.63, 3.8) is 0 Å². The highest BCUT2D eigenvalue weighted by Crippen LogP contribution is 2.07. The van der Waals surface area contributed by atoms with Gasteiger partial charge in [0.25, 0.3) is 0 Å². The molecule has 0 aliphatic rings. The molecule has 0 saturated carbocycles. The standard InChI is InChI=1S/C16H17NO2/c17-16(18)15-8-4-7-14(11-15)12-19-10-9-13-5-2-1-3-6-13/h1-8,11H,9-10,12H2,(H2,17,18). The van der Waals surface area contributed by atoms with Crippen LogP contribution in [0.2, 0.25) is 0 Å². The second-order valence-electron chi connectivity index (χ2n) is 4.35. The molecule has 0 heterocycles. The molecule has 0 aliphatic heterocycles. The predicted molar refractivity (Wildman–Crippen MR) is 74.8 cm³/mol. The van der Waals surface area contributed by atoms with Crippen LogP contribution in [0.3, 0.4) is 0 Å². The lowest BCUT2D eigenvalue weighted by Gasteiger charge is -2.05. The molecule has 0 fully saturated rings. The Morgan fingerprint density at radius 1 is 1.00 bits per heavy atom. The number of ether oxygens (including phenoxy) is 1. The molecule has 19 heavy (non-hydrogen) atoms. The van der Waals surface area contributed by atoms with E-state index in [1.807, 2.05) is 30.3 Å². The third-order valence-corrected chi connectivity index (χ3v) is 2.86. The summed E-state index contributed by atoms with van der Waals surface area (Å²) in [4.78, 5) is 11.0. The van der Waals surface area contributed by atoms with Crippen molar-refractivity contribution in [1.82, 2.24) is 0 Å². The molecule has 2 aromatic rings. The summed E-state index contributed by atoms with van der Waals surface area (Å²) >= 11 is 0. The van der Waals surface area contributed by atoms with Crippen LogP contribution < -0.4 is 5.73 Å². The van der Waals surface area contributed by atoms with E-state index in [1.165, 1.54) is 5.56 Å². The molecule has 0 unspecified atom stereocenters. The summed E-state index contributed by atoms with van der Waals surface area (Å²) < 4.78 is 5.61. The molecule has 2 aromatic carbocycles. The van der Waals surface area contributed by atoms with E-state index >= 15 is 0 Å². The average Bonchev–Trinajstić information content (AvgIpc) is 2.45. The summed E-state index contributed by atoms with van der Waals surface area (Å²) in [5, 5.41) is 0. The number of nitrogens with two attached hydrogens (primary N) is 1. The van der Waals surface area contributed by atoms with Crippen LogP contribution in [0.15, 0.2) is 54.6 Å². The smallest absolute Gasteiger partial charge is 0.248 e. The van der Waals surface area contributed by atoms with E-state index in [1.54, 1.807) is 12.1 Å². The van der Waals surface area contributed by atoms with Crippen molar-refractivity contribution in [3.8, 4) is 0 Å². The minimum Gasteiger partial charge on any atom is -0.376 e. The molecule has 2 N–H and O–H groups in total. The molecule has 0 bridgehead atoms. The second kappa shape index (κ2) is 6.71. The van der Waals surface area contributed by atoms with Crippen molar-refractivity contribution in [2.45, 2.75) is 13.0 Å². The van der Waals surface area contributed by atoms with Crippen LogP contribution in [0.25, 0.3) is 0 Å². The van der Waals surface area contributed by atoms with E-state index in [2.05, 4.69) is 12.1 Å². The summed E-state index contributed by atoms with van der Waals surface area (Å²) in [5.74, 6) is -0.411. The van der Waals surface area contributed by atoms with Gasteiger partial charge < -0.3 is 10.5 Å². The maximum Gasteiger partial charge on any atom is 0.248 e. The van der Waals surface area contributed by atoms with Crippen LogP contribution in [-0.4, -0.2) is 12.5 Å². The minimum absolute atomic E-state index is 0.411. The largest absolute Gasteiger partial charge is 0.376 e. The highest BCUT2D eigenvalue weighted by Gasteiger charge is 2.01. The van der Waals surface area contributed by atoms with Crippen molar-refractivity contribution in [1.29, 1.82) is 0 Å². The number of hydrogen-bond acceptors (Lipinski definition) is 2. The number of primary amides is 1. The quantitative estimate of drug-likeness (QED) is 0.806. The van der Waals surface area contributed by atoms with E-state index in [4.69, 9.17) is 10.5 Å². The van der Waals surface area contributed by atoms with Crippen molar-refractivity contribution >= 4 is 5.91 Å². The Morgan fingerprint density at radius 3 is 2.47 bits per heavy atom. The second-order valence-corrected chi connectivity index (χ2v) is 4.35. The molecule has 98 valence electrons. The Hall–Kier alpha value is -2.13. The monoisotopic (exact) mass is 255 g/mol. The molecule has 0 atom stereocenters. The van der Waals surface area contributed by atoms with Crippen molar-refractivity contribution in [2.75, 3.05) is 6.61 Å². The summed E-state index contributed by atoms with van der Waals surface area (Å²) in [6.45, 7) is 1.15. The number of carbonyl (C=O) groups excluding carboxylic acids is 1. The van der Waals surface area contributed by atoms with E-state index < -0.39 is 5.91 Å². The van der Waals surface area contributed by atoms with Gasteiger partial charge in [-0.25, -0.2) is 0 Å². The molecule has 0 aromatic heterocycles. The third kappa shape index (κ3) is 4.23. The van der Waals surface area contributed by atoms with E-state index in [-0.39, 0.29) is 0 Å². The lowest BCUT2D eigenvalue weighted by atomic mass is 10.1. The van der Waals surface area contributed by atoms with E-state index in [9.17, 15) is 4.79 Å². The fourth-order valence-corrected chi connectivity index (χ4v) is 1.84. The topological polar surface area (TPSA) is 52.3 Å². The summed E-state index contributed by atoms with van der Waals surface area (Å²) in [5.41, 5.74) is 7.97. The van der Waals surface area contributed by atoms with Gasteiger partial charge in [-0.3, -0.25) is 4.79 Å². The zero-order chi connectivity index (χ0) is 13.5. The third-order valence-electron chi connectivity index (χ3n) is 2.86. The van der Waals surface area contributed by atoms with Gasteiger partial charge in [0.05, 0.1) is 13.2 Å². The van der Waals surface area contributed by atoms with E-state index in [0.717, 1.165) is 12.0 Å². The van der Waals surface area contributed by atoms with Gasteiger partial charge in [-0.05, 0) is 29.7 Å². The fraction of sp³-hybridized carbons (Fsp3) is 0.188. The number of amides is 1. The number of benzene rings is 2. The lowest BCUT2D eigenvalue weighted by Crippen LogP contribution is -2.11. The first-order chi connectivity index (χ1) is 9.25. The SMILES string of the molecule is NC(=O)c1cccc(COCCc2ccccc2)c1. The fourth-order valence-electron chi connectivity index (χ4n) is 1.84. The van der Waals surface area contributed by atoms with Gasteiger partial charge in [-0.15, -0.1) is 0 Å². The maximum absolute atomic E-state index is 11.0. The zero-order valence-electron chi connectivity index (χ0n) is 10.7. The van der Waals surface area contributed by atoms with Crippen LogP contribution in [0.1, 0.15) is 21.5 Å².